The Morgan fingerprint density at radius 1 is 1.00 bits per heavy atom. The van der Waals surface area contributed by atoms with Crippen molar-refractivity contribution in [1.29, 1.82) is 0 Å². The second-order valence-corrected chi connectivity index (χ2v) is 7.56. The number of halogens is 2. The highest BCUT2D eigenvalue weighted by Gasteiger charge is 2.19. The number of hydrogen-bond acceptors (Lipinski definition) is 6. The second-order valence-electron chi connectivity index (χ2n) is 6.74. The van der Waals surface area contributed by atoms with Crippen LogP contribution in [0.2, 0.25) is 10.0 Å². The van der Waals surface area contributed by atoms with Gasteiger partial charge in [-0.2, -0.15) is 0 Å². The molecule has 0 radical (unpaired) electrons. The Morgan fingerprint density at radius 2 is 1.59 bits per heavy atom. The molecule has 2 aromatic rings. The van der Waals surface area contributed by atoms with Gasteiger partial charge in [0.1, 0.15) is 24.6 Å². The van der Waals surface area contributed by atoms with Gasteiger partial charge in [-0.3, -0.25) is 0 Å². The molecule has 0 bridgehead atoms. The highest BCUT2D eigenvalue weighted by molar-refractivity contribution is 6.42. The van der Waals surface area contributed by atoms with E-state index in [0.717, 1.165) is 0 Å². The fraction of sp³-hybridized carbons (Fsp3) is 0.444. The minimum absolute atomic E-state index is 0.0723. The zero-order chi connectivity index (χ0) is 21.6. The van der Waals surface area contributed by atoms with Crippen molar-refractivity contribution in [2.75, 3.05) is 0 Å². The molecule has 0 aliphatic rings. The monoisotopic (exact) mass is 443 g/mol. The van der Waals surface area contributed by atoms with Gasteiger partial charge in [-0.15, -0.1) is 5.10 Å². The molecule has 11 heteroatoms. The van der Waals surface area contributed by atoms with Crippen molar-refractivity contribution in [3.05, 3.63) is 39.6 Å². The van der Waals surface area contributed by atoms with Gasteiger partial charge in [0.05, 0.1) is 15.7 Å². The first-order chi connectivity index (χ1) is 13.7. The first-order valence-electron chi connectivity index (χ1n) is 8.92. The molecule has 2 N–H and O–H groups in total. The van der Waals surface area contributed by atoms with E-state index in [-0.39, 0.29) is 25.3 Å². The van der Waals surface area contributed by atoms with E-state index in [4.69, 9.17) is 32.7 Å². The van der Waals surface area contributed by atoms with Gasteiger partial charge in [0.15, 0.2) is 0 Å². The molecule has 0 fully saturated rings. The molecule has 29 heavy (non-hydrogen) atoms. The number of aromatic nitrogens is 3. The highest BCUT2D eigenvalue weighted by atomic mass is 35.5. The predicted molar refractivity (Wildman–Crippen MR) is 108 cm³/mol. The third kappa shape index (κ3) is 6.79. The van der Waals surface area contributed by atoms with Gasteiger partial charge in [0.2, 0.25) is 0 Å². The minimum atomic E-state index is -0.591. The summed E-state index contributed by atoms with van der Waals surface area (Å²) in [5.74, 6) is 0. The quantitative estimate of drug-likeness (QED) is 0.672. The molecule has 9 nitrogen and oxygen atoms in total. The number of nitrogens with zero attached hydrogens (tertiary/aromatic N) is 3. The predicted octanol–water partition coefficient (Wildman–Crippen LogP) is 3.84. The van der Waals surface area contributed by atoms with Gasteiger partial charge in [0, 0.05) is 12.1 Å². The molecule has 0 aliphatic heterocycles. The lowest BCUT2D eigenvalue weighted by Gasteiger charge is -2.12. The zero-order valence-electron chi connectivity index (χ0n) is 16.5. The van der Waals surface area contributed by atoms with E-state index in [9.17, 15) is 9.59 Å². The molecular weight excluding hydrogens is 421 g/mol. The van der Waals surface area contributed by atoms with Crippen molar-refractivity contribution in [3.63, 3.8) is 0 Å². The number of rotatable bonds is 7. The average molecular weight is 444 g/mol. The van der Waals surface area contributed by atoms with Crippen LogP contribution in [0.15, 0.2) is 18.2 Å². The first kappa shape index (κ1) is 22.8. The molecule has 1 aromatic carbocycles. The SMILES string of the molecule is CC(C)NC(=O)OCc1nnn(-c2ccc(Cl)c(Cl)c2)c1COC(=O)NC(C)C. The Morgan fingerprint density at radius 3 is 2.14 bits per heavy atom. The number of benzene rings is 1. The van der Waals surface area contributed by atoms with Crippen LogP contribution < -0.4 is 10.6 Å². The number of nitrogens with one attached hydrogen (secondary N) is 2. The summed E-state index contributed by atoms with van der Waals surface area (Å²) in [4.78, 5) is 23.6. The van der Waals surface area contributed by atoms with E-state index in [1.807, 2.05) is 27.7 Å². The zero-order valence-corrected chi connectivity index (χ0v) is 18.0. The lowest BCUT2D eigenvalue weighted by molar-refractivity contribution is 0.127. The van der Waals surface area contributed by atoms with Gasteiger partial charge >= 0.3 is 12.2 Å². The number of hydrogen-bond donors (Lipinski definition) is 2. The van der Waals surface area contributed by atoms with Crippen molar-refractivity contribution in [2.45, 2.75) is 53.0 Å². The van der Waals surface area contributed by atoms with Crippen molar-refractivity contribution < 1.29 is 19.1 Å². The van der Waals surface area contributed by atoms with Crippen LogP contribution >= 0.6 is 23.2 Å². The molecule has 1 heterocycles. The summed E-state index contributed by atoms with van der Waals surface area (Å²) in [5, 5.41) is 14.1. The molecule has 0 atom stereocenters. The Bertz CT molecular complexity index is 870. The minimum Gasteiger partial charge on any atom is -0.443 e. The Balaban J connectivity index is 2.25. The Labute approximate surface area is 178 Å². The summed E-state index contributed by atoms with van der Waals surface area (Å²) in [7, 11) is 0. The first-order valence-corrected chi connectivity index (χ1v) is 9.68. The molecule has 0 saturated carbocycles. The van der Waals surface area contributed by atoms with Crippen molar-refractivity contribution >= 4 is 35.4 Å². The summed E-state index contributed by atoms with van der Waals surface area (Å²) in [6.45, 7) is 6.97. The van der Waals surface area contributed by atoms with Crippen LogP contribution in [0.3, 0.4) is 0 Å². The van der Waals surface area contributed by atoms with Gasteiger partial charge < -0.3 is 20.1 Å². The lowest BCUT2D eigenvalue weighted by atomic mass is 10.3. The van der Waals surface area contributed by atoms with Crippen LogP contribution in [0.4, 0.5) is 9.59 Å². The maximum Gasteiger partial charge on any atom is 0.407 e. The third-order valence-electron chi connectivity index (χ3n) is 3.48. The van der Waals surface area contributed by atoms with Crippen LogP contribution in [0.1, 0.15) is 39.1 Å². The van der Waals surface area contributed by atoms with Crippen molar-refractivity contribution in [1.82, 2.24) is 25.6 Å². The average Bonchev–Trinajstić information content (AvgIpc) is 3.02. The molecule has 2 rings (SSSR count). The van der Waals surface area contributed by atoms with Crippen molar-refractivity contribution in [2.24, 2.45) is 0 Å². The standard InChI is InChI=1S/C18H23Cl2N5O4/c1-10(2)21-17(26)28-8-15-16(9-29-18(27)22-11(3)4)25(24-23-15)12-5-6-13(19)14(20)7-12/h5-7,10-11H,8-9H2,1-4H3,(H,21,26)(H,22,27). The van der Waals surface area contributed by atoms with Gasteiger partial charge in [0.25, 0.3) is 0 Å². The molecule has 0 spiro atoms. The number of amides is 2. The molecule has 2 amide bonds. The Kier molecular flexibility index (Phi) is 8.10. The van der Waals surface area contributed by atoms with Crippen LogP contribution in [0.5, 0.6) is 0 Å². The lowest BCUT2D eigenvalue weighted by Crippen LogP contribution is -2.31. The van der Waals surface area contributed by atoms with E-state index >= 15 is 0 Å². The summed E-state index contributed by atoms with van der Waals surface area (Å²) in [6, 6.07) is 4.76. The summed E-state index contributed by atoms with van der Waals surface area (Å²) >= 11 is 12.1. The van der Waals surface area contributed by atoms with Gasteiger partial charge in [-0.25, -0.2) is 14.3 Å². The molecule has 158 valence electrons. The van der Waals surface area contributed by atoms with E-state index in [0.29, 0.717) is 27.1 Å². The maximum atomic E-state index is 11.9. The second kappa shape index (κ2) is 10.3. The highest BCUT2D eigenvalue weighted by Crippen LogP contribution is 2.25. The third-order valence-corrected chi connectivity index (χ3v) is 4.22. The van der Waals surface area contributed by atoms with Crippen LogP contribution in [0, 0.1) is 0 Å². The molecule has 1 aromatic heterocycles. The van der Waals surface area contributed by atoms with Crippen LogP contribution in [-0.4, -0.2) is 39.3 Å². The summed E-state index contributed by atoms with van der Waals surface area (Å²) < 4.78 is 11.9. The smallest absolute Gasteiger partial charge is 0.407 e. The molecular formula is C18H23Cl2N5O4. The summed E-state index contributed by atoms with van der Waals surface area (Å²) in [5.41, 5.74) is 1.33. The van der Waals surface area contributed by atoms with Crippen molar-refractivity contribution in [3.8, 4) is 5.69 Å². The van der Waals surface area contributed by atoms with E-state index in [1.54, 1.807) is 18.2 Å². The molecule has 0 saturated heterocycles. The van der Waals surface area contributed by atoms with Gasteiger partial charge in [-0.1, -0.05) is 28.4 Å². The fourth-order valence-electron chi connectivity index (χ4n) is 2.24. The number of alkyl carbamates (subject to hydrolysis) is 2. The Hall–Kier alpha value is -2.52. The topological polar surface area (TPSA) is 107 Å². The number of carbonyl (C=O) groups is 2. The maximum absolute atomic E-state index is 11.9. The molecule has 0 unspecified atom stereocenters. The number of carbonyl (C=O) groups excluding carboxylic acids is 2. The van der Waals surface area contributed by atoms with E-state index < -0.39 is 12.2 Å². The largest absolute Gasteiger partial charge is 0.443 e. The van der Waals surface area contributed by atoms with E-state index in [1.165, 1.54) is 4.68 Å². The number of ether oxygens (including phenoxy) is 2. The fourth-order valence-corrected chi connectivity index (χ4v) is 2.53. The van der Waals surface area contributed by atoms with E-state index in [2.05, 4.69) is 20.9 Å². The normalized spacial score (nSPS) is 10.9. The summed E-state index contributed by atoms with van der Waals surface area (Å²) in [6.07, 6.45) is -1.18. The van der Waals surface area contributed by atoms with Crippen LogP contribution in [-0.2, 0) is 22.7 Å². The molecule has 0 aliphatic carbocycles. The van der Waals surface area contributed by atoms with Gasteiger partial charge in [-0.05, 0) is 45.9 Å². The van der Waals surface area contributed by atoms with Crippen LogP contribution in [0.25, 0.3) is 5.69 Å².